The summed E-state index contributed by atoms with van der Waals surface area (Å²) in [6.45, 7) is 4.55. The minimum absolute atomic E-state index is 0.0470. The molecule has 4 heterocycles. The summed E-state index contributed by atoms with van der Waals surface area (Å²) in [6.07, 6.45) is 5.71. The van der Waals surface area contributed by atoms with Gasteiger partial charge in [-0.2, -0.15) is 5.10 Å². The van der Waals surface area contributed by atoms with E-state index in [9.17, 15) is 4.79 Å². The first-order valence-electron chi connectivity index (χ1n) is 8.67. The summed E-state index contributed by atoms with van der Waals surface area (Å²) < 4.78 is 5.45. The highest BCUT2D eigenvalue weighted by molar-refractivity contribution is 5.96. The zero-order chi connectivity index (χ0) is 16.5. The van der Waals surface area contributed by atoms with Crippen LogP contribution in [0.25, 0.3) is 11.0 Å². The van der Waals surface area contributed by atoms with Crippen LogP contribution in [0.1, 0.15) is 31.4 Å². The van der Waals surface area contributed by atoms with Gasteiger partial charge in [0.25, 0.3) is 0 Å². The first kappa shape index (κ1) is 15.5. The monoisotopic (exact) mass is 329 g/mol. The van der Waals surface area contributed by atoms with Gasteiger partial charge >= 0.3 is 0 Å². The van der Waals surface area contributed by atoms with Gasteiger partial charge < -0.3 is 10.1 Å². The van der Waals surface area contributed by atoms with Crippen LogP contribution >= 0.6 is 0 Å². The lowest BCUT2D eigenvalue weighted by Gasteiger charge is -2.34. The van der Waals surface area contributed by atoms with Gasteiger partial charge in [-0.1, -0.05) is 0 Å². The number of aromatic nitrogens is 3. The molecule has 2 aromatic rings. The van der Waals surface area contributed by atoms with Crippen LogP contribution in [0, 0.1) is 6.92 Å². The first-order valence-corrected chi connectivity index (χ1v) is 8.67. The van der Waals surface area contributed by atoms with Crippen molar-refractivity contribution in [3.8, 4) is 0 Å². The average Bonchev–Trinajstić information content (AvgIpc) is 3.23. The molecule has 24 heavy (non-hydrogen) atoms. The number of nitrogens with zero attached hydrogens (tertiary/aromatic N) is 3. The topological polar surface area (TPSA) is 83.1 Å². The second-order valence-corrected chi connectivity index (χ2v) is 6.67. The molecule has 0 unspecified atom stereocenters. The van der Waals surface area contributed by atoms with Crippen molar-refractivity contribution in [3.05, 3.63) is 18.0 Å². The second kappa shape index (κ2) is 6.49. The molecule has 1 amide bonds. The minimum Gasteiger partial charge on any atom is -0.381 e. The van der Waals surface area contributed by atoms with Crippen LogP contribution in [0.3, 0.4) is 0 Å². The van der Waals surface area contributed by atoms with E-state index in [1.165, 1.54) is 0 Å². The number of carbonyl (C=O) groups is 1. The number of aromatic amines is 1. The SMILES string of the molecule is Cc1[nH]nc2ncc(NC(=O)[C@@H]3CCCN3C3CCOCC3)cc12. The zero-order valence-corrected chi connectivity index (χ0v) is 13.9. The predicted molar refractivity (Wildman–Crippen MR) is 90.8 cm³/mol. The standard InChI is InChI=1S/C17H23N5O2/c1-11-14-9-12(10-18-16(14)21-20-11)19-17(23)15-3-2-6-22(15)13-4-7-24-8-5-13/h9-10,13,15H,2-8H2,1H3,(H,19,23)(H,18,20,21)/t15-/m0/s1. The van der Waals surface area contributed by atoms with Crippen molar-refractivity contribution >= 4 is 22.6 Å². The number of nitrogens with one attached hydrogen (secondary N) is 2. The molecule has 2 aliphatic rings. The number of fused-ring (bicyclic) bond motifs is 1. The summed E-state index contributed by atoms with van der Waals surface area (Å²) in [6, 6.07) is 2.36. The number of ether oxygens (including phenoxy) is 1. The molecule has 0 aliphatic carbocycles. The average molecular weight is 329 g/mol. The molecule has 7 nitrogen and oxygen atoms in total. The number of H-pyrrole nitrogens is 1. The fraction of sp³-hybridized carbons (Fsp3) is 0.588. The first-order chi connectivity index (χ1) is 11.7. The van der Waals surface area contributed by atoms with Crippen LogP contribution in [0.2, 0.25) is 0 Å². The minimum atomic E-state index is -0.0470. The molecular weight excluding hydrogens is 306 g/mol. The smallest absolute Gasteiger partial charge is 0.241 e. The molecule has 2 aliphatic heterocycles. The Hall–Kier alpha value is -1.99. The van der Waals surface area contributed by atoms with E-state index in [0.29, 0.717) is 11.7 Å². The Kier molecular flexibility index (Phi) is 4.20. The Balaban J connectivity index is 1.48. The largest absolute Gasteiger partial charge is 0.381 e. The molecule has 0 bridgehead atoms. The van der Waals surface area contributed by atoms with Crippen molar-refractivity contribution in [2.45, 2.75) is 44.7 Å². The fourth-order valence-corrected chi connectivity index (χ4v) is 3.84. The molecule has 0 spiro atoms. The molecule has 2 fully saturated rings. The zero-order valence-electron chi connectivity index (χ0n) is 13.9. The van der Waals surface area contributed by atoms with Crippen LogP contribution in [-0.2, 0) is 9.53 Å². The third-order valence-electron chi connectivity index (χ3n) is 5.12. The van der Waals surface area contributed by atoms with Gasteiger partial charge in [0.05, 0.1) is 17.9 Å². The molecule has 7 heteroatoms. The van der Waals surface area contributed by atoms with Gasteiger partial charge in [-0.3, -0.25) is 14.8 Å². The van der Waals surface area contributed by atoms with Gasteiger partial charge in [-0.15, -0.1) is 0 Å². The van der Waals surface area contributed by atoms with Gasteiger partial charge in [0.2, 0.25) is 5.91 Å². The van der Waals surface area contributed by atoms with Crippen LogP contribution < -0.4 is 5.32 Å². The van der Waals surface area contributed by atoms with Gasteiger partial charge in [-0.25, -0.2) is 4.98 Å². The van der Waals surface area contributed by atoms with Crippen LogP contribution in [0.5, 0.6) is 0 Å². The maximum Gasteiger partial charge on any atom is 0.241 e. The van der Waals surface area contributed by atoms with E-state index in [1.54, 1.807) is 6.20 Å². The van der Waals surface area contributed by atoms with Crippen LogP contribution in [-0.4, -0.2) is 57.8 Å². The fourth-order valence-electron chi connectivity index (χ4n) is 3.84. The van der Waals surface area contributed by atoms with Gasteiger partial charge in [0, 0.05) is 30.3 Å². The number of rotatable bonds is 3. The highest BCUT2D eigenvalue weighted by Gasteiger charge is 2.36. The van der Waals surface area contributed by atoms with Crippen molar-refractivity contribution in [3.63, 3.8) is 0 Å². The normalized spacial score (nSPS) is 23.0. The van der Waals surface area contributed by atoms with Crippen molar-refractivity contribution < 1.29 is 9.53 Å². The van der Waals surface area contributed by atoms with E-state index in [2.05, 4.69) is 25.4 Å². The van der Waals surface area contributed by atoms with Gasteiger partial charge in [-0.05, 0) is 45.2 Å². The van der Waals surface area contributed by atoms with Crippen molar-refractivity contribution in [1.82, 2.24) is 20.1 Å². The molecule has 0 radical (unpaired) electrons. The Morgan fingerprint density at radius 2 is 2.21 bits per heavy atom. The maximum atomic E-state index is 12.8. The Labute approximate surface area is 140 Å². The highest BCUT2D eigenvalue weighted by atomic mass is 16.5. The van der Waals surface area contributed by atoms with Crippen LogP contribution in [0.15, 0.2) is 12.3 Å². The Bertz CT molecular complexity index is 738. The molecule has 128 valence electrons. The third kappa shape index (κ3) is 2.89. The molecule has 2 N–H and O–H groups in total. The summed E-state index contributed by atoms with van der Waals surface area (Å²) in [4.78, 5) is 19.5. The quantitative estimate of drug-likeness (QED) is 0.898. The van der Waals surface area contributed by atoms with E-state index in [4.69, 9.17) is 4.74 Å². The van der Waals surface area contributed by atoms with E-state index in [1.807, 2.05) is 13.0 Å². The number of aryl methyl sites for hydroxylation is 1. The van der Waals surface area contributed by atoms with Crippen molar-refractivity contribution in [2.24, 2.45) is 0 Å². The van der Waals surface area contributed by atoms with E-state index < -0.39 is 0 Å². The summed E-state index contributed by atoms with van der Waals surface area (Å²) in [5, 5.41) is 11.0. The lowest BCUT2D eigenvalue weighted by atomic mass is 10.1. The number of amides is 1. The molecule has 2 saturated heterocycles. The van der Waals surface area contributed by atoms with Crippen molar-refractivity contribution in [2.75, 3.05) is 25.1 Å². The van der Waals surface area contributed by atoms with Crippen LogP contribution in [0.4, 0.5) is 5.69 Å². The van der Waals surface area contributed by atoms with Crippen molar-refractivity contribution in [1.29, 1.82) is 0 Å². The number of pyridine rings is 1. The number of likely N-dealkylation sites (tertiary alicyclic amines) is 1. The summed E-state index contributed by atoms with van der Waals surface area (Å²) in [7, 11) is 0. The number of carbonyl (C=O) groups excluding carboxylic acids is 1. The van der Waals surface area contributed by atoms with Gasteiger partial charge in [0.1, 0.15) is 0 Å². The Morgan fingerprint density at radius 1 is 1.38 bits per heavy atom. The molecule has 4 rings (SSSR count). The van der Waals surface area contributed by atoms with Gasteiger partial charge in [0.15, 0.2) is 5.65 Å². The van der Waals surface area contributed by atoms with E-state index in [-0.39, 0.29) is 11.9 Å². The maximum absolute atomic E-state index is 12.8. The summed E-state index contributed by atoms with van der Waals surface area (Å²) in [5.41, 5.74) is 2.37. The summed E-state index contributed by atoms with van der Waals surface area (Å²) >= 11 is 0. The summed E-state index contributed by atoms with van der Waals surface area (Å²) in [5.74, 6) is 0.0706. The highest BCUT2D eigenvalue weighted by Crippen LogP contribution is 2.26. The molecule has 0 saturated carbocycles. The molecule has 1 atom stereocenters. The lowest BCUT2D eigenvalue weighted by Crippen LogP contribution is -2.47. The number of hydrogen-bond donors (Lipinski definition) is 2. The third-order valence-corrected chi connectivity index (χ3v) is 5.12. The van der Waals surface area contributed by atoms with E-state index >= 15 is 0 Å². The lowest BCUT2D eigenvalue weighted by molar-refractivity contribution is -0.121. The molecule has 0 aromatic carbocycles. The number of hydrogen-bond acceptors (Lipinski definition) is 5. The van der Waals surface area contributed by atoms with E-state index in [0.717, 1.165) is 62.2 Å². The Morgan fingerprint density at radius 3 is 3.04 bits per heavy atom. The molecular formula is C17H23N5O2. The molecule has 2 aromatic heterocycles. The number of anilines is 1. The second-order valence-electron chi connectivity index (χ2n) is 6.67. The predicted octanol–water partition coefficient (Wildman–Crippen LogP) is 1.85.